The zero-order chi connectivity index (χ0) is 11.6. The zero-order valence-corrected chi connectivity index (χ0v) is 9.87. The van der Waals surface area contributed by atoms with E-state index in [0.29, 0.717) is 19.6 Å². The van der Waals surface area contributed by atoms with Crippen LogP contribution < -0.4 is 0 Å². The fraction of sp³-hybridized carbons (Fsp3) is 0.818. The Morgan fingerprint density at radius 2 is 1.87 bits per heavy atom. The van der Waals surface area contributed by atoms with Crippen molar-refractivity contribution in [2.45, 2.75) is 33.3 Å². The summed E-state index contributed by atoms with van der Waals surface area (Å²) in [6.07, 6.45) is 0. The number of likely N-dealkylation sites (tertiary alicyclic amines) is 1. The van der Waals surface area contributed by atoms with E-state index < -0.39 is 5.60 Å². The second-order valence-electron chi connectivity index (χ2n) is 5.09. The third-order valence-corrected chi connectivity index (χ3v) is 2.30. The Bertz CT molecular complexity index is 261. The maximum Gasteiger partial charge on any atom is 0.320 e. The molecule has 0 unspecified atom stereocenters. The van der Waals surface area contributed by atoms with Crippen LogP contribution in [-0.2, 0) is 14.3 Å². The van der Waals surface area contributed by atoms with Gasteiger partial charge in [-0.25, -0.2) is 0 Å². The van der Waals surface area contributed by atoms with Crippen LogP contribution in [0.2, 0.25) is 0 Å². The number of nitrogens with zero attached hydrogens (tertiary/aromatic N) is 1. The molecule has 4 heteroatoms. The molecule has 0 spiro atoms. The van der Waals surface area contributed by atoms with E-state index in [1.807, 2.05) is 25.7 Å². The molecule has 15 heavy (non-hydrogen) atoms. The maximum absolute atomic E-state index is 11.4. The summed E-state index contributed by atoms with van der Waals surface area (Å²) < 4.78 is 5.17. The molecule has 0 aromatic rings. The Morgan fingerprint density at radius 3 is 2.27 bits per heavy atom. The Morgan fingerprint density at radius 1 is 1.33 bits per heavy atom. The highest BCUT2D eigenvalue weighted by Gasteiger charge is 2.32. The lowest BCUT2D eigenvalue weighted by Crippen LogP contribution is -2.52. The Hall–Kier alpha value is -0.900. The van der Waals surface area contributed by atoms with Crippen molar-refractivity contribution in [3.05, 3.63) is 0 Å². The summed E-state index contributed by atoms with van der Waals surface area (Å²) in [5.74, 6) is 0.104. The molecule has 1 fully saturated rings. The molecular formula is C11H19NO3. The summed E-state index contributed by atoms with van der Waals surface area (Å²) in [7, 11) is 0. The Labute approximate surface area is 90.6 Å². The summed E-state index contributed by atoms with van der Waals surface area (Å²) in [4.78, 5) is 24.3. The minimum Gasteiger partial charge on any atom is -0.459 e. The van der Waals surface area contributed by atoms with Gasteiger partial charge in [-0.2, -0.15) is 0 Å². The molecular weight excluding hydrogens is 194 g/mol. The van der Waals surface area contributed by atoms with Crippen LogP contribution in [-0.4, -0.2) is 41.9 Å². The minimum atomic E-state index is -0.429. The highest BCUT2D eigenvalue weighted by Crippen LogP contribution is 2.16. The minimum absolute atomic E-state index is 0.118. The van der Waals surface area contributed by atoms with E-state index >= 15 is 0 Å². The van der Waals surface area contributed by atoms with Crippen LogP contribution in [0.5, 0.6) is 0 Å². The van der Waals surface area contributed by atoms with E-state index in [4.69, 9.17) is 4.74 Å². The van der Waals surface area contributed by atoms with Gasteiger partial charge < -0.3 is 4.74 Å². The van der Waals surface area contributed by atoms with Crippen molar-refractivity contribution in [2.75, 3.05) is 19.6 Å². The van der Waals surface area contributed by atoms with E-state index in [1.165, 1.54) is 0 Å². The number of carbonyl (C=O) groups is 2. The molecule has 0 amide bonds. The van der Waals surface area contributed by atoms with Crippen molar-refractivity contribution >= 4 is 11.8 Å². The lowest BCUT2D eigenvalue weighted by Gasteiger charge is -2.37. The molecule has 0 aliphatic carbocycles. The fourth-order valence-electron chi connectivity index (χ4n) is 1.51. The summed E-state index contributed by atoms with van der Waals surface area (Å²) in [6.45, 7) is 8.80. The SMILES string of the molecule is CC(=O)C1CN(CC(=O)OC(C)(C)C)C1. The fourth-order valence-corrected chi connectivity index (χ4v) is 1.51. The standard InChI is InChI=1S/C11H19NO3/c1-8(13)9-5-12(6-9)7-10(14)15-11(2,3)4/h9H,5-7H2,1-4H3. The third kappa shape index (κ3) is 4.00. The largest absolute Gasteiger partial charge is 0.459 e. The molecule has 0 N–H and O–H groups in total. The van der Waals surface area contributed by atoms with Crippen LogP contribution in [0.3, 0.4) is 0 Å². The predicted molar refractivity (Wildman–Crippen MR) is 56.5 cm³/mol. The molecule has 0 aromatic carbocycles. The normalized spacial score (nSPS) is 18.4. The topological polar surface area (TPSA) is 46.6 Å². The molecule has 86 valence electrons. The van der Waals surface area contributed by atoms with Gasteiger partial charge in [-0.1, -0.05) is 0 Å². The smallest absolute Gasteiger partial charge is 0.320 e. The van der Waals surface area contributed by atoms with E-state index in [9.17, 15) is 9.59 Å². The zero-order valence-electron chi connectivity index (χ0n) is 9.87. The van der Waals surface area contributed by atoms with Crippen molar-refractivity contribution in [1.82, 2.24) is 4.90 Å². The third-order valence-electron chi connectivity index (χ3n) is 2.30. The number of Topliss-reactive ketones (excluding diaryl/α,β-unsaturated/α-hetero) is 1. The van der Waals surface area contributed by atoms with Gasteiger partial charge in [0.25, 0.3) is 0 Å². The molecule has 1 heterocycles. The molecule has 0 saturated carbocycles. The first kappa shape index (κ1) is 12.2. The summed E-state index contributed by atoms with van der Waals surface area (Å²) in [5.41, 5.74) is -0.429. The molecule has 1 aliphatic rings. The number of carbonyl (C=O) groups excluding carboxylic acids is 2. The van der Waals surface area contributed by atoms with Crippen LogP contribution in [0, 0.1) is 5.92 Å². The highest BCUT2D eigenvalue weighted by atomic mass is 16.6. The van der Waals surface area contributed by atoms with E-state index in [0.717, 1.165) is 0 Å². The Kier molecular flexibility index (Phi) is 3.50. The molecule has 1 aliphatic heterocycles. The van der Waals surface area contributed by atoms with Gasteiger partial charge in [-0.15, -0.1) is 0 Å². The maximum atomic E-state index is 11.4. The molecule has 4 nitrogen and oxygen atoms in total. The number of hydrogen-bond donors (Lipinski definition) is 0. The van der Waals surface area contributed by atoms with E-state index in [1.54, 1.807) is 6.92 Å². The van der Waals surface area contributed by atoms with E-state index in [2.05, 4.69) is 0 Å². The van der Waals surface area contributed by atoms with Crippen LogP contribution >= 0.6 is 0 Å². The quantitative estimate of drug-likeness (QED) is 0.652. The molecule has 0 atom stereocenters. The monoisotopic (exact) mass is 213 g/mol. The highest BCUT2D eigenvalue weighted by molar-refractivity contribution is 5.80. The van der Waals surface area contributed by atoms with Gasteiger partial charge in [-0.05, 0) is 27.7 Å². The van der Waals surface area contributed by atoms with Crippen LogP contribution in [0.15, 0.2) is 0 Å². The van der Waals surface area contributed by atoms with Gasteiger partial charge in [0.15, 0.2) is 0 Å². The average molecular weight is 213 g/mol. The van der Waals surface area contributed by atoms with Crippen molar-refractivity contribution in [1.29, 1.82) is 0 Å². The summed E-state index contributed by atoms with van der Waals surface area (Å²) >= 11 is 0. The van der Waals surface area contributed by atoms with Gasteiger partial charge in [0.05, 0.1) is 6.54 Å². The van der Waals surface area contributed by atoms with Crippen molar-refractivity contribution in [3.63, 3.8) is 0 Å². The first-order valence-electron chi connectivity index (χ1n) is 5.22. The number of ether oxygens (including phenoxy) is 1. The molecule has 1 rings (SSSR count). The van der Waals surface area contributed by atoms with Crippen molar-refractivity contribution < 1.29 is 14.3 Å². The molecule has 0 bridgehead atoms. The van der Waals surface area contributed by atoms with Crippen LogP contribution in [0.4, 0.5) is 0 Å². The van der Waals surface area contributed by atoms with Gasteiger partial charge in [-0.3, -0.25) is 14.5 Å². The number of hydrogen-bond acceptors (Lipinski definition) is 4. The second-order valence-corrected chi connectivity index (χ2v) is 5.09. The Balaban J connectivity index is 2.22. The first-order chi connectivity index (χ1) is 6.78. The molecule has 1 saturated heterocycles. The van der Waals surface area contributed by atoms with Crippen molar-refractivity contribution in [2.24, 2.45) is 5.92 Å². The lowest BCUT2D eigenvalue weighted by atomic mass is 9.96. The summed E-state index contributed by atoms with van der Waals surface area (Å²) in [6, 6.07) is 0. The van der Waals surface area contributed by atoms with E-state index in [-0.39, 0.29) is 17.7 Å². The van der Waals surface area contributed by atoms with Gasteiger partial charge >= 0.3 is 5.97 Å². The average Bonchev–Trinajstić information content (AvgIpc) is 1.91. The van der Waals surface area contributed by atoms with Gasteiger partial charge in [0, 0.05) is 19.0 Å². The van der Waals surface area contributed by atoms with Gasteiger partial charge in [0.2, 0.25) is 0 Å². The second kappa shape index (κ2) is 4.31. The van der Waals surface area contributed by atoms with Crippen molar-refractivity contribution in [3.8, 4) is 0 Å². The number of rotatable bonds is 3. The number of ketones is 1. The first-order valence-corrected chi connectivity index (χ1v) is 5.22. The predicted octanol–water partition coefficient (Wildman–Crippen LogP) is 0.849. The van der Waals surface area contributed by atoms with Gasteiger partial charge in [0.1, 0.15) is 11.4 Å². The summed E-state index contributed by atoms with van der Waals surface area (Å²) in [5, 5.41) is 0. The number of esters is 1. The molecule has 0 radical (unpaired) electrons. The van der Waals surface area contributed by atoms with Crippen LogP contribution in [0.25, 0.3) is 0 Å². The van der Waals surface area contributed by atoms with Crippen LogP contribution in [0.1, 0.15) is 27.7 Å². The molecule has 0 aromatic heterocycles. The lowest BCUT2D eigenvalue weighted by molar-refractivity contribution is -0.158.